The fraction of sp³-hybridized carbons (Fsp3) is 0.250. The molecule has 0 aliphatic carbocycles. The standard InChI is InChI=1S/C8H11N7O/c1-15-4-11-14-7(15)3-10-8(16)5-2-6(9)13-12-5/h2,4H,3H2,1H3,(H,10,16)(H3,9,12,13). The lowest BCUT2D eigenvalue weighted by atomic mass is 10.4. The average molecular weight is 221 g/mol. The Morgan fingerprint density at radius 3 is 3.06 bits per heavy atom. The third-order valence-corrected chi connectivity index (χ3v) is 2.05. The zero-order chi connectivity index (χ0) is 11.5. The van der Waals surface area contributed by atoms with Crippen molar-refractivity contribution in [2.24, 2.45) is 7.05 Å². The van der Waals surface area contributed by atoms with Gasteiger partial charge in [-0.15, -0.1) is 10.2 Å². The van der Waals surface area contributed by atoms with Gasteiger partial charge in [0, 0.05) is 13.1 Å². The molecule has 2 heterocycles. The number of carbonyl (C=O) groups excluding carboxylic acids is 1. The minimum Gasteiger partial charge on any atom is -0.382 e. The SMILES string of the molecule is Cn1cnnc1CNC(=O)c1cc(N)n[nH]1. The van der Waals surface area contributed by atoms with Crippen molar-refractivity contribution in [2.75, 3.05) is 5.73 Å². The third-order valence-electron chi connectivity index (χ3n) is 2.05. The molecule has 0 spiro atoms. The molecule has 84 valence electrons. The zero-order valence-electron chi connectivity index (χ0n) is 8.64. The molecule has 2 rings (SSSR count). The molecule has 2 aromatic heterocycles. The van der Waals surface area contributed by atoms with Crippen LogP contribution in [-0.4, -0.2) is 30.9 Å². The highest BCUT2D eigenvalue weighted by Crippen LogP contribution is 2.00. The van der Waals surface area contributed by atoms with E-state index in [1.54, 1.807) is 17.9 Å². The maximum atomic E-state index is 11.6. The van der Waals surface area contributed by atoms with Gasteiger partial charge < -0.3 is 15.6 Å². The first-order valence-corrected chi connectivity index (χ1v) is 4.59. The summed E-state index contributed by atoms with van der Waals surface area (Å²) in [7, 11) is 1.80. The van der Waals surface area contributed by atoms with Crippen molar-refractivity contribution in [1.29, 1.82) is 0 Å². The number of nitrogens with zero attached hydrogens (tertiary/aromatic N) is 4. The van der Waals surface area contributed by atoms with Gasteiger partial charge in [0.2, 0.25) is 0 Å². The van der Waals surface area contributed by atoms with Crippen LogP contribution in [0, 0.1) is 0 Å². The van der Waals surface area contributed by atoms with Gasteiger partial charge in [0.1, 0.15) is 17.8 Å². The summed E-state index contributed by atoms with van der Waals surface area (Å²) < 4.78 is 1.72. The number of nitrogens with one attached hydrogen (secondary N) is 2. The fourth-order valence-corrected chi connectivity index (χ4v) is 1.18. The summed E-state index contributed by atoms with van der Waals surface area (Å²) in [5.41, 5.74) is 5.70. The van der Waals surface area contributed by atoms with E-state index in [9.17, 15) is 4.79 Å². The molecule has 0 aromatic carbocycles. The summed E-state index contributed by atoms with van der Waals surface area (Å²) in [6.45, 7) is 0.300. The number of rotatable bonds is 3. The highest BCUT2D eigenvalue weighted by atomic mass is 16.1. The van der Waals surface area contributed by atoms with Gasteiger partial charge in [0.15, 0.2) is 5.82 Å². The molecule has 2 aromatic rings. The average Bonchev–Trinajstić information content (AvgIpc) is 2.84. The Balaban J connectivity index is 1.96. The minimum absolute atomic E-state index is 0.281. The number of hydrogen-bond acceptors (Lipinski definition) is 5. The van der Waals surface area contributed by atoms with Gasteiger partial charge in [-0.2, -0.15) is 5.10 Å². The number of nitrogen functional groups attached to an aromatic ring is 1. The van der Waals surface area contributed by atoms with E-state index in [2.05, 4.69) is 25.7 Å². The zero-order valence-corrected chi connectivity index (χ0v) is 8.64. The molecule has 0 fully saturated rings. The number of aromatic amines is 1. The van der Waals surface area contributed by atoms with Crippen LogP contribution in [-0.2, 0) is 13.6 Å². The summed E-state index contributed by atoms with van der Waals surface area (Å²) in [5.74, 6) is 0.664. The van der Waals surface area contributed by atoms with Crippen LogP contribution in [0.15, 0.2) is 12.4 Å². The molecule has 0 saturated heterocycles. The first-order valence-electron chi connectivity index (χ1n) is 4.59. The van der Waals surface area contributed by atoms with E-state index < -0.39 is 0 Å². The van der Waals surface area contributed by atoms with E-state index in [-0.39, 0.29) is 11.7 Å². The molecular formula is C8H11N7O. The first kappa shape index (κ1) is 10.1. The molecular weight excluding hydrogens is 210 g/mol. The normalized spacial score (nSPS) is 10.3. The van der Waals surface area contributed by atoms with Crippen LogP contribution in [0.25, 0.3) is 0 Å². The Morgan fingerprint density at radius 1 is 1.69 bits per heavy atom. The van der Waals surface area contributed by atoms with Crippen molar-refractivity contribution < 1.29 is 4.79 Å². The van der Waals surface area contributed by atoms with E-state index in [1.807, 2.05) is 0 Å². The molecule has 0 aliphatic rings. The Morgan fingerprint density at radius 2 is 2.50 bits per heavy atom. The quantitative estimate of drug-likeness (QED) is 0.618. The Hall–Kier alpha value is -2.38. The van der Waals surface area contributed by atoms with Crippen LogP contribution >= 0.6 is 0 Å². The second-order valence-electron chi connectivity index (χ2n) is 3.25. The lowest BCUT2D eigenvalue weighted by Crippen LogP contribution is -2.24. The van der Waals surface area contributed by atoms with Gasteiger partial charge >= 0.3 is 0 Å². The molecule has 0 aliphatic heterocycles. The van der Waals surface area contributed by atoms with Crippen LogP contribution in [0.1, 0.15) is 16.3 Å². The Kier molecular flexibility index (Phi) is 2.54. The number of anilines is 1. The molecule has 0 unspecified atom stereocenters. The van der Waals surface area contributed by atoms with Gasteiger partial charge in [-0.1, -0.05) is 0 Å². The largest absolute Gasteiger partial charge is 0.382 e. The number of aryl methyl sites for hydroxylation is 1. The maximum absolute atomic E-state index is 11.6. The number of H-pyrrole nitrogens is 1. The van der Waals surface area contributed by atoms with Crippen LogP contribution in [0.5, 0.6) is 0 Å². The monoisotopic (exact) mass is 221 g/mol. The maximum Gasteiger partial charge on any atom is 0.269 e. The fourth-order valence-electron chi connectivity index (χ4n) is 1.18. The van der Waals surface area contributed by atoms with Crippen molar-refractivity contribution in [3.05, 3.63) is 23.9 Å². The van der Waals surface area contributed by atoms with Gasteiger partial charge in [0.05, 0.1) is 6.54 Å². The van der Waals surface area contributed by atoms with Gasteiger partial charge in [-0.3, -0.25) is 9.89 Å². The molecule has 0 saturated carbocycles. The molecule has 0 bridgehead atoms. The number of carbonyl (C=O) groups is 1. The molecule has 4 N–H and O–H groups in total. The second kappa shape index (κ2) is 4.01. The summed E-state index contributed by atoms with van der Waals surface area (Å²) in [5, 5.41) is 16.4. The first-order chi connectivity index (χ1) is 7.66. The second-order valence-corrected chi connectivity index (χ2v) is 3.25. The summed E-state index contributed by atoms with van der Waals surface area (Å²) in [6.07, 6.45) is 1.57. The molecule has 1 amide bonds. The van der Waals surface area contributed by atoms with Gasteiger partial charge in [0.25, 0.3) is 5.91 Å². The molecule has 16 heavy (non-hydrogen) atoms. The van der Waals surface area contributed by atoms with Crippen LogP contribution in [0.4, 0.5) is 5.82 Å². The highest BCUT2D eigenvalue weighted by Gasteiger charge is 2.09. The Labute approximate surface area is 90.9 Å². The predicted octanol–water partition coefficient (Wildman–Crippen LogP) is -0.950. The van der Waals surface area contributed by atoms with Crippen molar-refractivity contribution in [3.63, 3.8) is 0 Å². The minimum atomic E-state index is -0.285. The van der Waals surface area contributed by atoms with Crippen LogP contribution in [0.3, 0.4) is 0 Å². The van der Waals surface area contributed by atoms with Gasteiger partial charge in [-0.05, 0) is 0 Å². The summed E-state index contributed by atoms with van der Waals surface area (Å²) in [6, 6.07) is 1.46. The number of hydrogen-bond donors (Lipinski definition) is 3. The van der Waals surface area contributed by atoms with Crippen molar-refractivity contribution in [2.45, 2.75) is 6.54 Å². The van der Waals surface area contributed by atoms with Crippen molar-refractivity contribution in [1.82, 2.24) is 30.3 Å². The Bertz CT molecular complexity index is 500. The smallest absolute Gasteiger partial charge is 0.269 e. The molecule has 0 radical (unpaired) electrons. The van der Waals surface area contributed by atoms with Crippen molar-refractivity contribution >= 4 is 11.7 Å². The lowest BCUT2D eigenvalue weighted by molar-refractivity contribution is 0.0944. The lowest BCUT2D eigenvalue weighted by Gasteiger charge is -2.02. The van der Waals surface area contributed by atoms with Gasteiger partial charge in [-0.25, -0.2) is 0 Å². The molecule has 8 nitrogen and oxygen atoms in total. The van der Waals surface area contributed by atoms with E-state index in [4.69, 9.17) is 5.73 Å². The van der Waals surface area contributed by atoms with Crippen LogP contribution < -0.4 is 11.1 Å². The molecule has 8 heteroatoms. The van der Waals surface area contributed by atoms with E-state index in [1.165, 1.54) is 6.07 Å². The van der Waals surface area contributed by atoms with Crippen molar-refractivity contribution in [3.8, 4) is 0 Å². The number of nitrogens with two attached hydrogens (primary N) is 1. The summed E-state index contributed by atoms with van der Waals surface area (Å²) in [4.78, 5) is 11.6. The van der Waals surface area contributed by atoms with E-state index in [0.717, 1.165) is 0 Å². The van der Waals surface area contributed by atoms with Crippen LogP contribution in [0.2, 0.25) is 0 Å². The number of aromatic nitrogens is 5. The molecule has 0 atom stereocenters. The van der Waals surface area contributed by atoms with E-state index >= 15 is 0 Å². The summed E-state index contributed by atoms with van der Waals surface area (Å²) >= 11 is 0. The number of amides is 1. The topological polar surface area (TPSA) is 115 Å². The predicted molar refractivity (Wildman–Crippen MR) is 55.2 cm³/mol. The van der Waals surface area contributed by atoms with E-state index in [0.29, 0.717) is 18.1 Å². The highest BCUT2D eigenvalue weighted by molar-refractivity contribution is 5.92. The third kappa shape index (κ3) is 2.00.